The largest absolute Gasteiger partial charge is 0.348 e. The molecule has 0 radical (unpaired) electrons. The number of rotatable bonds is 3. The first-order valence-corrected chi connectivity index (χ1v) is 11.7. The van der Waals surface area contributed by atoms with E-state index in [2.05, 4.69) is 39.8 Å². The molecular weight excluding hydrogens is 246 g/mol. The molecule has 0 spiro atoms. The SMILES string of the molecule is C[SiH]1CC[Si](C)(C)N1CCCBr. The van der Waals surface area contributed by atoms with Crippen molar-refractivity contribution in [2.24, 2.45) is 0 Å². The fourth-order valence-corrected chi connectivity index (χ4v) is 14.5. The van der Waals surface area contributed by atoms with E-state index in [1.807, 2.05) is 0 Å². The van der Waals surface area contributed by atoms with Gasteiger partial charge in [0, 0.05) is 5.33 Å². The highest BCUT2D eigenvalue weighted by Gasteiger charge is 2.38. The Morgan fingerprint density at radius 3 is 2.58 bits per heavy atom. The molecule has 0 saturated carbocycles. The lowest BCUT2D eigenvalue weighted by Gasteiger charge is -2.33. The van der Waals surface area contributed by atoms with Crippen LogP contribution in [-0.2, 0) is 0 Å². The van der Waals surface area contributed by atoms with Crippen LogP contribution in [0.2, 0.25) is 31.7 Å². The van der Waals surface area contributed by atoms with Gasteiger partial charge in [0.25, 0.3) is 0 Å². The Morgan fingerprint density at radius 2 is 2.17 bits per heavy atom. The van der Waals surface area contributed by atoms with Crippen LogP contribution in [0.25, 0.3) is 0 Å². The third-order valence-electron chi connectivity index (χ3n) is 3.02. The van der Waals surface area contributed by atoms with Crippen molar-refractivity contribution in [3.8, 4) is 0 Å². The Bertz CT molecular complexity index is 152. The van der Waals surface area contributed by atoms with Crippen molar-refractivity contribution in [2.75, 3.05) is 11.9 Å². The minimum Gasteiger partial charge on any atom is -0.348 e. The third-order valence-corrected chi connectivity index (χ3v) is 13.3. The fourth-order valence-electron chi connectivity index (χ4n) is 2.21. The first-order valence-electron chi connectivity index (χ1n) is 4.90. The molecule has 0 N–H and O–H groups in total. The zero-order valence-corrected chi connectivity index (χ0v) is 12.2. The molecule has 72 valence electrons. The lowest BCUT2D eigenvalue weighted by Crippen LogP contribution is -2.48. The number of halogens is 1. The summed E-state index contributed by atoms with van der Waals surface area (Å²) in [5.74, 6) is 0. The summed E-state index contributed by atoms with van der Waals surface area (Å²) in [5, 5.41) is 1.18. The van der Waals surface area contributed by atoms with E-state index in [1.165, 1.54) is 18.3 Å². The fraction of sp³-hybridized carbons (Fsp3) is 1.00. The molecular formula is C8H20BrNSi2. The number of nitrogens with zero attached hydrogens (tertiary/aromatic N) is 1. The molecule has 12 heavy (non-hydrogen) atoms. The number of hydrogen-bond acceptors (Lipinski definition) is 1. The number of hydrogen-bond donors (Lipinski definition) is 0. The lowest BCUT2D eigenvalue weighted by molar-refractivity contribution is 0.630. The summed E-state index contributed by atoms with van der Waals surface area (Å²) in [6.45, 7) is 8.98. The first kappa shape index (κ1) is 11.0. The van der Waals surface area contributed by atoms with Gasteiger partial charge in [0.2, 0.25) is 0 Å². The van der Waals surface area contributed by atoms with Crippen molar-refractivity contribution < 1.29 is 0 Å². The van der Waals surface area contributed by atoms with Gasteiger partial charge in [-0.15, -0.1) is 0 Å². The highest BCUT2D eigenvalue weighted by atomic mass is 79.9. The smallest absolute Gasteiger partial charge is 0.115 e. The standard InChI is InChI=1S/C8H20BrNSi2/c1-11-7-8-12(2,3)10(11)6-4-5-9/h11H,4-8H2,1-3H3. The van der Waals surface area contributed by atoms with Crippen LogP contribution in [0.3, 0.4) is 0 Å². The van der Waals surface area contributed by atoms with Gasteiger partial charge in [0.15, 0.2) is 0 Å². The Balaban J connectivity index is 2.47. The van der Waals surface area contributed by atoms with Crippen LogP contribution in [0, 0.1) is 0 Å². The van der Waals surface area contributed by atoms with Crippen molar-refractivity contribution in [3.63, 3.8) is 0 Å². The van der Waals surface area contributed by atoms with E-state index in [0.717, 1.165) is 0 Å². The molecule has 1 rings (SSSR count). The van der Waals surface area contributed by atoms with Crippen LogP contribution in [0.15, 0.2) is 0 Å². The molecule has 1 aliphatic heterocycles. The minimum absolute atomic E-state index is 0.447. The van der Waals surface area contributed by atoms with E-state index in [4.69, 9.17) is 0 Å². The van der Waals surface area contributed by atoms with Gasteiger partial charge < -0.3 is 4.23 Å². The molecule has 1 fully saturated rings. The Labute approximate surface area is 87.4 Å². The second kappa shape index (κ2) is 4.39. The highest BCUT2D eigenvalue weighted by molar-refractivity contribution is 9.09. The molecule has 0 aromatic rings. The van der Waals surface area contributed by atoms with E-state index in [9.17, 15) is 0 Å². The van der Waals surface area contributed by atoms with Crippen LogP contribution < -0.4 is 0 Å². The first-order chi connectivity index (χ1) is 5.58. The van der Waals surface area contributed by atoms with Crippen molar-refractivity contribution in [2.45, 2.75) is 38.2 Å². The maximum Gasteiger partial charge on any atom is 0.115 e. The summed E-state index contributed by atoms with van der Waals surface area (Å²) in [6.07, 6.45) is 1.34. The van der Waals surface area contributed by atoms with Crippen molar-refractivity contribution >= 4 is 33.1 Å². The monoisotopic (exact) mass is 265 g/mol. The lowest BCUT2D eigenvalue weighted by atomic mass is 10.5. The summed E-state index contributed by atoms with van der Waals surface area (Å²) in [5.41, 5.74) is 0. The molecule has 4 heteroatoms. The Morgan fingerprint density at radius 1 is 1.50 bits per heavy atom. The highest BCUT2D eigenvalue weighted by Crippen LogP contribution is 2.29. The van der Waals surface area contributed by atoms with Gasteiger partial charge >= 0.3 is 0 Å². The molecule has 1 atom stereocenters. The van der Waals surface area contributed by atoms with Crippen LogP contribution in [0.4, 0.5) is 0 Å². The van der Waals surface area contributed by atoms with E-state index in [1.54, 1.807) is 12.1 Å². The predicted octanol–water partition coefficient (Wildman–Crippen LogP) is 2.65. The number of alkyl halides is 1. The van der Waals surface area contributed by atoms with Crippen LogP contribution >= 0.6 is 15.9 Å². The molecule has 1 aliphatic rings. The van der Waals surface area contributed by atoms with Crippen LogP contribution in [0.5, 0.6) is 0 Å². The molecule has 1 nitrogen and oxygen atoms in total. The van der Waals surface area contributed by atoms with Crippen LogP contribution in [0.1, 0.15) is 6.42 Å². The van der Waals surface area contributed by atoms with E-state index in [-0.39, 0.29) is 0 Å². The average molecular weight is 266 g/mol. The zero-order valence-electron chi connectivity index (χ0n) is 8.44. The van der Waals surface area contributed by atoms with Gasteiger partial charge in [-0.05, 0) is 25.1 Å². The summed E-state index contributed by atoms with van der Waals surface area (Å²) in [7, 11) is -1.34. The second-order valence-corrected chi connectivity index (χ2v) is 13.3. The maximum atomic E-state index is 3.52. The second-order valence-electron chi connectivity index (χ2n) is 4.44. The third kappa shape index (κ3) is 2.43. The molecule has 0 aliphatic carbocycles. The summed E-state index contributed by atoms with van der Waals surface area (Å²) in [6, 6.07) is 3.13. The van der Waals surface area contributed by atoms with Gasteiger partial charge in [-0.25, -0.2) is 0 Å². The normalized spacial score (nSPS) is 29.5. The molecule has 1 heterocycles. The van der Waals surface area contributed by atoms with Gasteiger partial charge in [0.1, 0.15) is 17.2 Å². The average Bonchev–Trinajstić information content (AvgIpc) is 2.24. The molecule has 1 saturated heterocycles. The molecule has 0 amide bonds. The molecule has 1 unspecified atom stereocenters. The van der Waals surface area contributed by atoms with E-state index in [0.29, 0.717) is 0 Å². The van der Waals surface area contributed by atoms with Crippen molar-refractivity contribution in [3.05, 3.63) is 0 Å². The quantitative estimate of drug-likeness (QED) is 0.561. The summed E-state index contributed by atoms with van der Waals surface area (Å²) < 4.78 is 2.92. The van der Waals surface area contributed by atoms with E-state index >= 15 is 0 Å². The Kier molecular flexibility index (Phi) is 4.01. The zero-order chi connectivity index (χ0) is 9.19. The molecule has 0 aromatic carbocycles. The van der Waals surface area contributed by atoms with Crippen LogP contribution in [-0.4, -0.2) is 33.3 Å². The van der Waals surface area contributed by atoms with E-state index < -0.39 is 17.2 Å². The summed E-state index contributed by atoms with van der Waals surface area (Å²) in [4.78, 5) is 0. The Hall–Kier alpha value is 0.874. The minimum atomic E-state index is -0.896. The van der Waals surface area contributed by atoms with Crippen molar-refractivity contribution in [1.82, 2.24) is 4.23 Å². The topological polar surface area (TPSA) is 3.24 Å². The predicted molar refractivity (Wildman–Crippen MR) is 65.2 cm³/mol. The van der Waals surface area contributed by atoms with Crippen molar-refractivity contribution in [1.29, 1.82) is 0 Å². The van der Waals surface area contributed by atoms with Gasteiger partial charge in [-0.1, -0.05) is 35.6 Å². The molecule has 0 aromatic heterocycles. The molecule has 0 bridgehead atoms. The van der Waals surface area contributed by atoms with Gasteiger partial charge in [-0.3, -0.25) is 0 Å². The van der Waals surface area contributed by atoms with Gasteiger partial charge in [0.05, 0.1) is 0 Å². The maximum absolute atomic E-state index is 3.52. The summed E-state index contributed by atoms with van der Waals surface area (Å²) >= 11 is 3.52. The van der Waals surface area contributed by atoms with Gasteiger partial charge in [-0.2, -0.15) is 0 Å².